The van der Waals surface area contributed by atoms with Crippen LogP contribution in [0.3, 0.4) is 0 Å². The van der Waals surface area contributed by atoms with Gasteiger partial charge in [0.1, 0.15) is 5.75 Å². The first kappa shape index (κ1) is 26.1. The fourth-order valence-corrected chi connectivity index (χ4v) is 7.03. The van der Waals surface area contributed by atoms with Crippen molar-refractivity contribution in [3.8, 4) is 5.75 Å². The van der Waals surface area contributed by atoms with E-state index in [1.165, 1.54) is 12.0 Å². The van der Waals surface area contributed by atoms with Gasteiger partial charge in [-0.3, -0.25) is 4.90 Å². The van der Waals surface area contributed by atoms with E-state index in [1.807, 2.05) is 19.2 Å². The molecule has 1 heterocycles. The van der Waals surface area contributed by atoms with Crippen LogP contribution < -0.4 is 4.74 Å². The number of urea groups is 1. The number of carbonyl (C=O) groups is 1. The van der Waals surface area contributed by atoms with E-state index >= 15 is 0 Å². The van der Waals surface area contributed by atoms with Gasteiger partial charge in [-0.25, -0.2) is 4.79 Å². The lowest BCUT2D eigenvalue weighted by Crippen LogP contribution is -2.56. The van der Waals surface area contributed by atoms with E-state index in [2.05, 4.69) is 71.3 Å². The maximum absolute atomic E-state index is 14.0. The molecular formula is C31H43N3O3. The Labute approximate surface area is 222 Å². The first-order valence-corrected chi connectivity index (χ1v) is 13.8. The third-order valence-electron chi connectivity index (χ3n) is 9.76. The molecule has 0 radical (unpaired) electrons. The predicted molar refractivity (Wildman–Crippen MR) is 147 cm³/mol. The Morgan fingerprint density at radius 1 is 0.892 bits per heavy atom. The number of carbonyl (C=O) groups excluding carboxylic acids is 1. The molecule has 2 aromatic rings. The van der Waals surface area contributed by atoms with Crippen molar-refractivity contribution in [2.45, 2.75) is 74.6 Å². The molecule has 1 aliphatic heterocycles. The Morgan fingerprint density at radius 3 is 2.11 bits per heavy atom. The molecule has 37 heavy (non-hydrogen) atoms. The standard InChI is InChI=1S/C31H43N3O3/c1-32(2)31(26-9-6-5-7-10-26)19-17-29(18-20-31)24-33(23-25-11-13-27(36-3)14-12-25)28(35)34(29)22-21-30(37-4)15-8-16-30/h5-7,9-14H,8,15-24H2,1-4H3/t29-,31-. The summed E-state index contributed by atoms with van der Waals surface area (Å²) in [6, 6.07) is 19.2. The highest BCUT2D eigenvalue weighted by atomic mass is 16.5. The van der Waals surface area contributed by atoms with E-state index in [9.17, 15) is 4.79 Å². The van der Waals surface area contributed by atoms with Crippen LogP contribution in [-0.4, -0.2) is 73.3 Å². The number of benzene rings is 2. The van der Waals surface area contributed by atoms with Crippen molar-refractivity contribution in [3.63, 3.8) is 0 Å². The number of methoxy groups -OCH3 is 2. The summed E-state index contributed by atoms with van der Waals surface area (Å²) in [5.41, 5.74) is 2.36. The van der Waals surface area contributed by atoms with Crippen LogP contribution in [0.1, 0.15) is 62.5 Å². The summed E-state index contributed by atoms with van der Waals surface area (Å²) in [5, 5.41) is 0. The average Bonchev–Trinajstić information content (AvgIpc) is 3.15. The highest BCUT2D eigenvalue weighted by Gasteiger charge is 2.54. The van der Waals surface area contributed by atoms with Crippen LogP contribution in [0, 0.1) is 0 Å². The lowest BCUT2D eigenvalue weighted by atomic mass is 9.68. The molecule has 6 heteroatoms. The second-order valence-corrected chi connectivity index (χ2v) is 11.6. The first-order valence-electron chi connectivity index (χ1n) is 13.8. The molecule has 0 atom stereocenters. The van der Waals surface area contributed by atoms with E-state index in [1.54, 1.807) is 7.11 Å². The van der Waals surface area contributed by atoms with Crippen LogP contribution in [0.5, 0.6) is 5.75 Å². The minimum absolute atomic E-state index is 0.00631. The first-order chi connectivity index (χ1) is 17.9. The third kappa shape index (κ3) is 4.74. The molecule has 0 unspecified atom stereocenters. The van der Waals surface area contributed by atoms with Crippen molar-refractivity contribution < 1.29 is 14.3 Å². The number of nitrogens with zero attached hydrogens (tertiary/aromatic N) is 3. The molecular weight excluding hydrogens is 462 g/mol. The summed E-state index contributed by atoms with van der Waals surface area (Å²) in [6.07, 6.45) is 8.44. The normalized spacial score (nSPS) is 27.1. The molecule has 3 aliphatic rings. The number of ether oxygens (including phenoxy) is 2. The Morgan fingerprint density at radius 2 is 1.57 bits per heavy atom. The highest BCUT2D eigenvalue weighted by molar-refractivity contribution is 5.78. The summed E-state index contributed by atoms with van der Waals surface area (Å²) < 4.78 is 11.3. The molecule has 0 N–H and O–H groups in total. The molecule has 2 amide bonds. The van der Waals surface area contributed by atoms with Crippen LogP contribution >= 0.6 is 0 Å². The summed E-state index contributed by atoms with van der Waals surface area (Å²) in [5.74, 6) is 0.841. The van der Waals surface area contributed by atoms with Crippen molar-refractivity contribution in [2.24, 2.45) is 0 Å². The molecule has 1 spiro atoms. The van der Waals surface area contributed by atoms with Gasteiger partial charge in [-0.15, -0.1) is 0 Å². The van der Waals surface area contributed by atoms with E-state index < -0.39 is 0 Å². The van der Waals surface area contributed by atoms with Crippen LogP contribution in [0.4, 0.5) is 4.79 Å². The van der Waals surface area contributed by atoms with Crippen molar-refractivity contribution >= 4 is 6.03 Å². The topological polar surface area (TPSA) is 45.2 Å². The van der Waals surface area contributed by atoms with E-state index in [0.717, 1.165) is 69.3 Å². The van der Waals surface area contributed by atoms with Gasteiger partial charge < -0.3 is 19.3 Å². The molecule has 0 aromatic heterocycles. The molecule has 0 bridgehead atoms. The SMILES string of the molecule is COc1ccc(CN2C[C@]3(CC[C@@](c4ccccc4)(N(C)C)CC3)N(CCC3(OC)CCC3)C2=O)cc1. The molecule has 200 valence electrons. The maximum atomic E-state index is 14.0. The van der Waals surface area contributed by atoms with E-state index in [4.69, 9.17) is 9.47 Å². The van der Waals surface area contributed by atoms with Gasteiger partial charge in [0.15, 0.2) is 0 Å². The van der Waals surface area contributed by atoms with Gasteiger partial charge in [0.05, 0.1) is 18.2 Å². The largest absolute Gasteiger partial charge is 0.497 e. The third-order valence-corrected chi connectivity index (χ3v) is 9.76. The van der Waals surface area contributed by atoms with E-state index in [-0.39, 0.29) is 22.7 Å². The molecule has 5 rings (SSSR count). The number of amides is 2. The number of hydrogen-bond donors (Lipinski definition) is 0. The molecule has 2 saturated carbocycles. The molecule has 3 fully saturated rings. The zero-order valence-electron chi connectivity index (χ0n) is 23.0. The van der Waals surface area contributed by atoms with Crippen LogP contribution in [-0.2, 0) is 16.8 Å². The van der Waals surface area contributed by atoms with Crippen molar-refractivity contribution in [1.82, 2.24) is 14.7 Å². The Balaban J connectivity index is 1.39. The fraction of sp³-hybridized carbons (Fsp3) is 0.581. The Bertz CT molecular complexity index is 1050. The Kier molecular flexibility index (Phi) is 7.25. The summed E-state index contributed by atoms with van der Waals surface area (Å²) in [7, 11) is 7.93. The second-order valence-electron chi connectivity index (χ2n) is 11.6. The van der Waals surface area contributed by atoms with Gasteiger partial charge in [-0.1, -0.05) is 42.5 Å². The minimum atomic E-state index is -0.128. The quantitative estimate of drug-likeness (QED) is 0.441. The number of hydrogen-bond acceptors (Lipinski definition) is 4. The van der Waals surface area contributed by atoms with Gasteiger partial charge in [0, 0.05) is 32.3 Å². The zero-order valence-corrected chi connectivity index (χ0v) is 23.0. The van der Waals surface area contributed by atoms with Gasteiger partial charge >= 0.3 is 6.03 Å². The van der Waals surface area contributed by atoms with Gasteiger partial charge in [-0.2, -0.15) is 0 Å². The van der Waals surface area contributed by atoms with Crippen molar-refractivity contribution in [2.75, 3.05) is 41.4 Å². The maximum Gasteiger partial charge on any atom is 0.320 e. The van der Waals surface area contributed by atoms with Crippen LogP contribution in [0.2, 0.25) is 0 Å². The van der Waals surface area contributed by atoms with Crippen molar-refractivity contribution in [1.29, 1.82) is 0 Å². The summed E-state index contributed by atoms with van der Waals surface area (Å²) >= 11 is 0. The zero-order chi connectivity index (χ0) is 26.1. The molecule has 1 saturated heterocycles. The number of rotatable bonds is 9. The average molecular weight is 506 g/mol. The van der Waals surface area contributed by atoms with Gasteiger partial charge in [0.25, 0.3) is 0 Å². The fourth-order valence-electron chi connectivity index (χ4n) is 7.03. The second kappa shape index (κ2) is 10.3. The monoisotopic (exact) mass is 505 g/mol. The highest BCUT2D eigenvalue weighted by Crippen LogP contribution is 2.49. The lowest BCUT2D eigenvalue weighted by Gasteiger charge is -2.51. The van der Waals surface area contributed by atoms with Crippen LogP contribution in [0.15, 0.2) is 54.6 Å². The Hall–Kier alpha value is -2.57. The smallest absolute Gasteiger partial charge is 0.320 e. The summed E-state index contributed by atoms with van der Waals surface area (Å²) in [4.78, 5) is 20.7. The van der Waals surface area contributed by atoms with Crippen LogP contribution in [0.25, 0.3) is 0 Å². The molecule has 6 nitrogen and oxygen atoms in total. The molecule has 2 aromatic carbocycles. The van der Waals surface area contributed by atoms with Gasteiger partial charge in [-0.05, 0) is 88.7 Å². The summed E-state index contributed by atoms with van der Waals surface area (Å²) in [6.45, 7) is 2.19. The van der Waals surface area contributed by atoms with Gasteiger partial charge in [0.2, 0.25) is 0 Å². The lowest BCUT2D eigenvalue weighted by molar-refractivity contribution is -0.0844. The van der Waals surface area contributed by atoms with Crippen molar-refractivity contribution in [3.05, 3.63) is 65.7 Å². The minimum Gasteiger partial charge on any atom is -0.497 e. The predicted octanol–water partition coefficient (Wildman–Crippen LogP) is 5.66. The van der Waals surface area contributed by atoms with E-state index in [0.29, 0.717) is 6.54 Å². The molecule has 2 aliphatic carbocycles.